The predicted molar refractivity (Wildman–Crippen MR) is 39.8 cm³/mol. The summed E-state index contributed by atoms with van der Waals surface area (Å²) >= 11 is 0. The van der Waals surface area contributed by atoms with Crippen LogP contribution in [0.2, 0.25) is 0 Å². The molecule has 0 aliphatic carbocycles. The molecule has 1 aliphatic heterocycles. The highest BCUT2D eigenvalue weighted by Gasteiger charge is 2.32. The second kappa shape index (κ2) is 2.60. The van der Waals surface area contributed by atoms with Crippen molar-refractivity contribution < 1.29 is 22.0 Å². The molecule has 1 aliphatic rings. The van der Waals surface area contributed by atoms with Crippen LogP contribution in [0.25, 0.3) is 0 Å². The lowest BCUT2D eigenvalue weighted by molar-refractivity contribution is 0.0123. The molecule has 70 valence electrons. The Morgan fingerprint density at radius 1 is 1.67 bits per heavy atom. The van der Waals surface area contributed by atoms with Gasteiger partial charge in [-0.3, -0.25) is 4.55 Å². The van der Waals surface area contributed by atoms with E-state index in [1.54, 1.807) is 13.8 Å². The van der Waals surface area contributed by atoms with Crippen molar-refractivity contribution in [2.45, 2.75) is 25.9 Å². The summed E-state index contributed by atoms with van der Waals surface area (Å²) in [5.74, 6) is -0.137. The minimum Gasteiger partial charge on any atom is -0.386 e. The molecule has 0 fully saturated rings. The summed E-state index contributed by atoms with van der Waals surface area (Å²) in [4.78, 5) is 4.79. The quantitative estimate of drug-likeness (QED) is 0.609. The minimum absolute atomic E-state index is 0.137. The molecular weight excluding hydrogens is 186 g/mol. The first-order chi connectivity index (χ1) is 5.29. The molecule has 1 heterocycles. The van der Waals surface area contributed by atoms with E-state index in [9.17, 15) is 8.42 Å². The van der Waals surface area contributed by atoms with Crippen molar-refractivity contribution >= 4 is 16.3 Å². The molecule has 1 rings (SSSR count). The molecule has 12 heavy (non-hydrogen) atoms. The molecule has 0 saturated carbocycles. The average molecular weight is 195 g/mol. The Balaban J connectivity index is 2.60. The molecule has 0 aromatic heterocycles. The third-order valence-corrected chi connectivity index (χ3v) is 1.58. The number of hydrogen-bond donors (Lipinski definition) is 1. The van der Waals surface area contributed by atoms with Gasteiger partial charge < -0.3 is 9.02 Å². The Morgan fingerprint density at radius 2 is 2.25 bits per heavy atom. The zero-order valence-electron chi connectivity index (χ0n) is 6.64. The van der Waals surface area contributed by atoms with E-state index in [1.165, 1.54) is 0 Å². The van der Waals surface area contributed by atoms with Crippen LogP contribution in [-0.4, -0.2) is 24.5 Å². The Hall–Kier alpha value is -0.820. The molecule has 0 bridgehead atoms. The molecule has 0 radical (unpaired) electrons. The largest absolute Gasteiger partial charge is 0.447 e. The fraction of sp³-hybridized carbons (Fsp3) is 0.800. The van der Waals surface area contributed by atoms with Crippen LogP contribution >= 0.6 is 0 Å². The molecule has 0 aromatic carbocycles. The van der Waals surface area contributed by atoms with Crippen LogP contribution in [0.5, 0.6) is 0 Å². The third-order valence-electron chi connectivity index (χ3n) is 1.17. The average Bonchev–Trinajstić information content (AvgIpc) is 2.05. The number of rotatable bonds is 1. The fourth-order valence-electron chi connectivity index (χ4n) is 0.769. The lowest BCUT2D eigenvalue weighted by Gasteiger charge is -2.12. The second-order valence-electron chi connectivity index (χ2n) is 3.02. The number of hydrogen-bond acceptors (Lipinski definition) is 5. The Labute approximate surface area is 70.1 Å². The first kappa shape index (κ1) is 9.27. The maximum absolute atomic E-state index is 10.2. The van der Waals surface area contributed by atoms with Gasteiger partial charge in [0.05, 0.1) is 6.42 Å². The maximum atomic E-state index is 10.2. The fourth-order valence-corrected chi connectivity index (χ4v) is 1.10. The van der Waals surface area contributed by atoms with Crippen LogP contribution < -0.4 is 0 Å². The van der Waals surface area contributed by atoms with Gasteiger partial charge in [-0.2, -0.15) is 8.42 Å². The lowest BCUT2D eigenvalue weighted by atomic mass is 10.1. The van der Waals surface area contributed by atoms with E-state index >= 15 is 0 Å². The van der Waals surface area contributed by atoms with Crippen molar-refractivity contribution in [2.24, 2.45) is 5.16 Å². The first-order valence-electron chi connectivity index (χ1n) is 3.20. The summed E-state index contributed by atoms with van der Waals surface area (Å²) < 4.78 is 32.7. The molecule has 0 aromatic rings. The van der Waals surface area contributed by atoms with Gasteiger partial charge in [0.1, 0.15) is 5.60 Å². The second-order valence-corrected chi connectivity index (χ2v) is 4.05. The van der Waals surface area contributed by atoms with Crippen LogP contribution in [0, 0.1) is 0 Å². The molecule has 0 unspecified atom stereocenters. The monoisotopic (exact) mass is 195 g/mol. The summed E-state index contributed by atoms with van der Waals surface area (Å²) in [6, 6.07) is 0. The predicted octanol–water partition coefficient (Wildman–Crippen LogP) is 0.318. The van der Waals surface area contributed by atoms with Gasteiger partial charge in [-0.25, -0.2) is 0 Å². The summed E-state index contributed by atoms with van der Waals surface area (Å²) in [5, 5.41) is 3.33. The maximum Gasteiger partial charge on any atom is 0.447 e. The molecule has 0 amide bonds. The van der Waals surface area contributed by atoms with E-state index in [1.807, 2.05) is 0 Å². The van der Waals surface area contributed by atoms with Gasteiger partial charge in [-0.1, -0.05) is 0 Å². The summed E-state index contributed by atoms with van der Waals surface area (Å²) in [5.41, 5.74) is -0.569. The lowest BCUT2D eigenvalue weighted by Crippen LogP contribution is -2.20. The topological polar surface area (TPSA) is 85.2 Å². The van der Waals surface area contributed by atoms with Crippen molar-refractivity contribution in [1.29, 1.82) is 0 Å². The van der Waals surface area contributed by atoms with Crippen LogP contribution in [0.1, 0.15) is 20.3 Å². The van der Waals surface area contributed by atoms with Crippen molar-refractivity contribution in [3.05, 3.63) is 0 Å². The zero-order chi connectivity index (χ0) is 9.41. The van der Waals surface area contributed by atoms with Gasteiger partial charge in [-0.05, 0) is 19.0 Å². The van der Waals surface area contributed by atoms with E-state index < -0.39 is 16.0 Å². The van der Waals surface area contributed by atoms with Crippen molar-refractivity contribution in [2.75, 3.05) is 0 Å². The summed E-state index contributed by atoms with van der Waals surface area (Å²) in [6.45, 7) is 3.44. The molecule has 1 N–H and O–H groups in total. The van der Waals surface area contributed by atoms with Gasteiger partial charge in [0.2, 0.25) is 0 Å². The standard InChI is InChI=1S/C5H9NO5S/c1-5(2)3-4(6-11-5)10-12(7,8)9/h3H2,1-2H3,(H,7,8,9). The first-order valence-corrected chi connectivity index (χ1v) is 4.57. The van der Waals surface area contributed by atoms with Crippen molar-refractivity contribution in [3.63, 3.8) is 0 Å². The number of nitrogens with zero attached hydrogens (tertiary/aromatic N) is 1. The van der Waals surface area contributed by atoms with Crippen molar-refractivity contribution in [3.8, 4) is 0 Å². The Morgan fingerprint density at radius 3 is 2.58 bits per heavy atom. The van der Waals surface area contributed by atoms with E-state index in [4.69, 9.17) is 9.39 Å². The van der Waals surface area contributed by atoms with Crippen LogP contribution in [0.3, 0.4) is 0 Å². The molecular formula is C5H9NO5S. The Bertz CT molecular complexity index is 304. The molecule has 0 saturated heterocycles. The molecule has 0 atom stereocenters. The van der Waals surface area contributed by atoms with Crippen LogP contribution in [0.15, 0.2) is 5.16 Å². The van der Waals surface area contributed by atoms with E-state index in [-0.39, 0.29) is 12.3 Å². The minimum atomic E-state index is -4.47. The third kappa shape index (κ3) is 2.67. The van der Waals surface area contributed by atoms with E-state index in [0.717, 1.165) is 0 Å². The normalized spacial score (nSPS) is 21.4. The van der Waals surface area contributed by atoms with Gasteiger partial charge in [0.25, 0.3) is 5.90 Å². The molecule has 0 spiro atoms. The highest BCUT2D eigenvalue weighted by Crippen LogP contribution is 2.23. The van der Waals surface area contributed by atoms with Gasteiger partial charge >= 0.3 is 10.4 Å². The van der Waals surface area contributed by atoms with Crippen LogP contribution in [0.4, 0.5) is 0 Å². The zero-order valence-corrected chi connectivity index (χ0v) is 7.46. The van der Waals surface area contributed by atoms with Gasteiger partial charge in [0, 0.05) is 0 Å². The number of oxime groups is 1. The van der Waals surface area contributed by atoms with Gasteiger partial charge in [0.15, 0.2) is 0 Å². The molecule has 6 nitrogen and oxygen atoms in total. The molecule has 7 heteroatoms. The van der Waals surface area contributed by atoms with E-state index in [0.29, 0.717) is 0 Å². The van der Waals surface area contributed by atoms with E-state index in [2.05, 4.69) is 9.34 Å². The highest BCUT2D eigenvalue weighted by molar-refractivity contribution is 7.81. The smallest absolute Gasteiger partial charge is 0.386 e. The summed E-state index contributed by atoms with van der Waals surface area (Å²) in [6.07, 6.45) is 0.215. The SMILES string of the molecule is CC1(C)CC(OS(=O)(=O)O)=NO1. The Kier molecular flexibility index (Phi) is 2.01. The van der Waals surface area contributed by atoms with Crippen LogP contribution in [-0.2, 0) is 19.4 Å². The summed E-state index contributed by atoms with van der Waals surface area (Å²) in [7, 11) is -4.47. The highest BCUT2D eigenvalue weighted by atomic mass is 32.3. The van der Waals surface area contributed by atoms with Crippen molar-refractivity contribution in [1.82, 2.24) is 0 Å². The van der Waals surface area contributed by atoms with Gasteiger partial charge in [-0.15, -0.1) is 0 Å².